The zero-order valence-corrected chi connectivity index (χ0v) is 13.0. The van der Waals surface area contributed by atoms with Crippen molar-refractivity contribution in [3.63, 3.8) is 0 Å². The summed E-state index contributed by atoms with van der Waals surface area (Å²) in [6, 6.07) is 8.97. The van der Waals surface area contributed by atoms with Gasteiger partial charge < -0.3 is 10.0 Å². The summed E-state index contributed by atoms with van der Waals surface area (Å²) in [5.74, 6) is -1.16. The zero-order valence-electron chi connectivity index (χ0n) is 13.0. The van der Waals surface area contributed by atoms with Crippen molar-refractivity contribution in [3.8, 4) is 5.75 Å². The Morgan fingerprint density at radius 3 is 2.44 bits per heavy atom. The van der Waals surface area contributed by atoms with Crippen molar-refractivity contribution in [2.45, 2.75) is 12.7 Å². The number of hydrogen-bond donors (Lipinski definition) is 1. The minimum Gasteiger partial charge on any atom is -0.505 e. The Bertz CT molecular complexity index is 826. The Hall–Kier alpha value is -2.83. The van der Waals surface area contributed by atoms with Gasteiger partial charge in [-0.15, -0.1) is 0 Å². The van der Waals surface area contributed by atoms with Crippen LogP contribution in [-0.4, -0.2) is 22.9 Å². The Balaban J connectivity index is 1.76. The van der Waals surface area contributed by atoms with Crippen molar-refractivity contribution < 1.29 is 22.7 Å². The molecule has 1 aliphatic rings. The van der Waals surface area contributed by atoms with Crippen LogP contribution in [0.4, 0.5) is 17.6 Å². The summed E-state index contributed by atoms with van der Waals surface area (Å²) in [5.41, 5.74) is 1.22. The number of rotatable bonds is 3. The molecule has 0 aliphatic carbocycles. The highest BCUT2D eigenvalue weighted by Gasteiger charge is 2.29. The lowest BCUT2D eigenvalue weighted by atomic mass is 10.1. The van der Waals surface area contributed by atoms with Crippen LogP contribution in [0.1, 0.15) is 16.7 Å². The first-order chi connectivity index (χ1) is 11.8. The third-order valence-corrected chi connectivity index (χ3v) is 3.76. The molecule has 0 radical (unpaired) electrons. The second-order valence-corrected chi connectivity index (χ2v) is 5.65. The molecule has 0 atom stereocenters. The number of phenolic OH excluding ortho intramolecular Hbond substituents is 1. The minimum absolute atomic E-state index is 0.352. The van der Waals surface area contributed by atoms with E-state index >= 15 is 0 Å². The van der Waals surface area contributed by atoms with E-state index in [1.54, 1.807) is 18.5 Å². The van der Waals surface area contributed by atoms with Crippen LogP contribution in [-0.2, 0) is 12.7 Å². The molecule has 0 fully saturated rings. The molecule has 0 unspecified atom stereocenters. The average molecular weight is 350 g/mol. The maximum Gasteiger partial charge on any atom is 0.416 e. The van der Waals surface area contributed by atoms with Crippen molar-refractivity contribution in [1.29, 1.82) is 0 Å². The van der Waals surface area contributed by atoms with Crippen LogP contribution in [0.15, 0.2) is 53.7 Å². The summed E-state index contributed by atoms with van der Waals surface area (Å²) >= 11 is 0. The van der Waals surface area contributed by atoms with Gasteiger partial charge in [0.25, 0.3) is 0 Å². The summed E-state index contributed by atoms with van der Waals surface area (Å²) in [7, 11) is 0. The average Bonchev–Trinajstić information content (AvgIpc) is 2.57. The van der Waals surface area contributed by atoms with Crippen molar-refractivity contribution in [1.82, 2.24) is 4.90 Å². The van der Waals surface area contributed by atoms with Gasteiger partial charge in [0, 0.05) is 24.5 Å². The molecule has 1 heterocycles. The molecular formula is C18H14F4N2O. The van der Waals surface area contributed by atoms with E-state index in [1.165, 1.54) is 24.3 Å². The van der Waals surface area contributed by atoms with Gasteiger partial charge >= 0.3 is 6.18 Å². The molecule has 25 heavy (non-hydrogen) atoms. The summed E-state index contributed by atoms with van der Waals surface area (Å²) in [5, 5.41) is 9.25. The standard InChI is InChI=1S/C18H14F4N2O/c19-16-7-13(3-6-17(16)25)14-8-23-11-24(10-14)9-12-1-4-15(5-2-12)18(20,21)22/h1-8,10,25H,9,11H2. The quantitative estimate of drug-likeness (QED) is 0.831. The maximum atomic E-state index is 13.5. The molecule has 0 amide bonds. The smallest absolute Gasteiger partial charge is 0.416 e. The number of alkyl halides is 3. The largest absolute Gasteiger partial charge is 0.505 e. The predicted octanol–water partition coefficient (Wildman–Crippen LogP) is 4.44. The monoisotopic (exact) mass is 350 g/mol. The number of allylic oxidation sites excluding steroid dienone is 1. The van der Waals surface area contributed by atoms with Gasteiger partial charge in [0.2, 0.25) is 0 Å². The van der Waals surface area contributed by atoms with Gasteiger partial charge in [-0.1, -0.05) is 18.2 Å². The molecular weight excluding hydrogens is 336 g/mol. The third kappa shape index (κ3) is 3.99. The summed E-state index contributed by atoms with van der Waals surface area (Å²) < 4.78 is 51.3. The van der Waals surface area contributed by atoms with E-state index in [0.29, 0.717) is 29.9 Å². The number of aromatic hydroxyl groups is 1. The molecule has 0 spiro atoms. The molecule has 0 saturated heterocycles. The number of hydrogen-bond acceptors (Lipinski definition) is 3. The fourth-order valence-electron chi connectivity index (χ4n) is 2.48. The van der Waals surface area contributed by atoms with Crippen molar-refractivity contribution >= 4 is 11.8 Å². The molecule has 0 aromatic heterocycles. The maximum absolute atomic E-state index is 13.5. The van der Waals surface area contributed by atoms with Gasteiger partial charge in [-0.05, 0) is 35.4 Å². The first kappa shape index (κ1) is 17.0. The van der Waals surface area contributed by atoms with Crippen molar-refractivity contribution in [2.24, 2.45) is 4.99 Å². The minimum atomic E-state index is -4.36. The van der Waals surface area contributed by atoms with E-state index in [2.05, 4.69) is 4.99 Å². The van der Waals surface area contributed by atoms with Gasteiger partial charge in [-0.2, -0.15) is 13.2 Å². The van der Waals surface area contributed by atoms with Gasteiger partial charge in [0.1, 0.15) is 6.67 Å². The van der Waals surface area contributed by atoms with Crippen LogP contribution in [0.5, 0.6) is 5.75 Å². The van der Waals surface area contributed by atoms with Gasteiger partial charge in [-0.25, -0.2) is 4.39 Å². The van der Waals surface area contributed by atoms with Crippen LogP contribution < -0.4 is 0 Å². The molecule has 2 aromatic carbocycles. The Morgan fingerprint density at radius 1 is 1.08 bits per heavy atom. The highest BCUT2D eigenvalue weighted by Crippen LogP contribution is 2.29. The molecule has 2 aromatic rings. The van der Waals surface area contributed by atoms with E-state index in [1.807, 2.05) is 4.90 Å². The lowest BCUT2D eigenvalue weighted by Crippen LogP contribution is -2.20. The predicted molar refractivity (Wildman–Crippen MR) is 86.4 cm³/mol. The molecule has 0 saturated carbocycles. The van der Waals surface area contributed by atoms with Gasteiger partial charge in [0.05, 0.1) is 5.56 Å². The second-order valence-electron chi connectivity index (χ2n) is 5.65. The van der Waals surface area contributed by atoms with Gasteiger partial charge in [-0.3, -0.25) is 4.99 Å². The summed E-state index contributed by atoms with van der Waals surface area (Å²) in [6.07, 6.45) is -1.00. The number of halogens is 4. The number of phenols is 1. The molecule has 3 rings (SSSR count). The lowest BCUT2D eigenvalue weighted by Gasteiger charge is -2.23. The zero-order chi connectivity index (χ0) is 18.0. The fourth-order valence-corrected chi connectivity index (χ4v) is 2.48. The van der Waals surface area contributed by atoms with E-state index in [0.717, 1.165) is 12.1 Å². The Labute approximate surface area is 141 Å². The number of nitrogens with zero attached hydrogens (tertiary/aromatic N) is 2. The highest BCUT2D eigenvalue weighted by molar-refractivity contribution is 6.10. The molecule has 3 nitrogen and oxygen atoms in total. The van der Waals surface area contributed by atoms with Gasteiger partial charge in [0.15, 0.2) is 11.6 Å². The molecule has 7 heteroatoms. The fraction of sp³-hybridized carbons (Fsp3) is 0.167. The molecule has 1 aliphatic heterocycles. The summed E-state index contributed by atoms with van der Waals surface area (Å²) in [4.78, 5) is 6.00. The van der Waals surface area contributed by atoms with Crippen molar-refractivity contribution in [2.75, 3.05) is 6.67 Å². The van der Waals surface area contributed by atoms with E-state index in [9.17, 15) is 22.7 Å². The molecule has 1 N–H and O–H groups in total. The van der Waals surface area contributed by atoms with E-state index in [4.69, 9.17) is 0 Å². The second kappa shape index (κ2) is 6.58. The number of benzene rings is 2. The van der Waals surface area contributed by atoms with E-state index < -0.39 is 23.3 Å². The van der Waals surface area contributed by atoms with Crippen molar-refractivity contribution in [3.05, 3.63) is 71.2 Å². The Morgan fingerprint density at radius 2 is 1.80 bits per heavy atom. The van der Waals surface area contributed by atoms with Crippen LogP contribution in [0.25, 0.3) is 5.57 Å². The lowest BCUT2D eigenvalue weighted by molar-refractivity contribution is -0.137. The number of aliphatic imine (C=N–C) groups is 1. The normalized spacial score (nSPS) is 14.6. The first-order valence-electron chi connectivity index (χ1n) is 7.43. The Kier molecular flexibility index (Phi) is 4.48. The molecule has 0 bridgehead atoms. The first-order valence-corrected chi connectivity index (χ1v) is 7.43. The summed E-state index contributed by atoms with van der Waals surface area (Å²) in [6.45, 7) is 0.727. The highest BCUT2D eigenvalue weighted by atomic mass is 19.4. The van der Waals surface area contributed by atoms with E-state index in [-0.39, 0.29) is 0 Å². The van der Waals surface area contributed by atoms with Crippen LogP contribution in [0, 0.1) is 5.82 Å². The third-order valence-electron chi connectivity index (χ3n) is 3.76. The SMILES string of the molecule is Oc1ccc(C2=CN(Cc3ccc(C(F)(F)F)cc3)CN=C2)cc1F. The van der Waals surface area contributed by atoms with Crippen LogP contribution >= 0.6 is 0 Å². The molecule has 130 valence electrons. The van der Waals surface area contributed by atoms with Crippen LogP contribution in [0.2, 0.25) is 0 Å². The topological polar surface area (TPSA) is 35.8 Å². The van der Waals surface area contributed by atoms with Crippen LogP contribution in [0.3, 0.4) is 0 Å².